The van der Waals surface area contributed by atoms with Crippen LogP contribution in [0.25, 0.3) is 10.9 Å². The van der Waals surface area contributed by atoms with E-state index in [4.69, 9.17) is 0 Å². The Morgan fingerprint density at radius 1 is 0.955 bits per heavy atom. The lowest BCUT2D eigenvalue weighted by molar-refractivity contribution is 0.568. The van der Waals surface area contributed by atoms with E-state index in [0.29, 0.717) is 30.5 Å². The van der Waals surface area contributed by atoms with E-state index in [1.807, 2.05) is 30.3 Å². The zero-order valence-corrected chi connectivity index (χ0v) is 12.1. The first-order valence-electron chi connectivity index (χ1n) is 7.22. The van der Waals surface area contributed by atoms with E-state index in [1.54, 1.807) is 24.3 Å². The van der Waals surface area contributed by atoms with Gasteiger partial charge in [-0.2, -0.15) is 0 Å². The van der Waals surface area contributed by atoms with Crippen molar-refractivity contribution in [3.8, 4) is 0 Å². The molecule has 0 atom stereocenters. The number of hydrogen-bond acceptors (Lipinski definition) is 3. The van der Waals surface area contributed by atoms with Crippen LogP contribution in [-0.4, -0.2) is 16.1 Å². The molecule has 1 aromatic heterocycles. The van der Waals surface area contributed by atoms with Crippen molar-refractivity contribution in [2.45, 2.75) is 13.1 Å². The summed E-state index contributed by atoms with van der Waals surface area (Å²) in [6.07, 6.45) is 0. The number of aromatic nitrogens is 2. The van der Waals surface area contributed by atoms with Crippen LogP contribution < -0.4 is 16.6 Å². The Morgan fingerprint density at radius 2 is 1.68 bits per heavy atom. The molecule has 0 amide bonds. The highest BCUT2D eigenvalue weighted by Crippen LogP contribution is 2.02. The molecule has 0 spiro atoms. The third kappa shape index (κ3) is 2.99. The summed E-state index contributed by atoms with van der Waals surface area (Å²) in [5, 5.41) is 3.77. The molecule has 0 saturated heterocycles. The maximum Gasteiger partial charge on any atom is 0.328 e. The molecule has 0 aliphatic heterocycles. The van der Waals surface area contributed by atoms with Gasteiger partial charge in [-0.05, 0) is 17.7 Å². The predicted octanol–water partition coefficient (Wildman–Crippen LogP) is 1.48. The van der Waals surface area contributed by atoms with Crippen molar-refractivity contribution in [1.29, 1.82) is 0 Å². The van der Waals surface area contributed by atoms with Gasteiger partial charge in [-0.3, -0.25) is 9.36 Å². The SMILES string of the molecule is O=c1[nH]c2ccccc2c(=O)n1CCNCc1ccccc1. The summed E-state index contributed by atoms with van der Waals surface area (Å²) in [7, 11) is 0. The fourth-order valence-corrected chi connectivity index (χ4v) is 2.42. The van der Waals surface area contributed by atoms with Crippen molar-refractivity contribution in [3.05, 3.63) is 81.0 Å². The summed E-state index contributed by atoms with van der Waals surface area (Å²) in [4.78, 5) is 27.1. The minimum atomic E-state index is -0.370. The average Bonchev–Trinajstić information content (AvgIpc) is 2.55. The smallest absolute Gasteiger partial charge is 0.311 e. The highest BCUT2D eigenvalue weighted by Gasteiger charge is 2.06. The van der Waals surface area contributed by atoms with Crippen LogP contribution in [0.3, 0.4) is 0 Å². The Morgan fingerprint density at radius 3 is 2.50 bits per heavy atom. The zero-order valence-electron chi connectivity index (χ0n) is 12.1. The summed E-state index contributed by atoms with van der Waals surface area (Å²) in [5.41, 5.74) is 1.12. The summed E-state index contributed by atoms with van der Waals surface area (Å²) in [6, 6.07) is 17.0. The standard InChI is InChI=1S/C17H17N3O2/c21-16-14-8-4-5-9-15(14)19-17(22)20(16)11-10-18-12-13-6-2-1-3-7-13/h1-9,18H,10-12H2,(H,19,22). The second-order valence-electron chi connectivity index (χ2n) is 5.09. The van der Waals surface area contributed by atoms with Crippen LogP contribution in [-0.2, 0) is 13.1 Å². The van der Waals surface area contributed by atoms with E-state index in [9.17, 15) is 9.59 Å². The third-order valence-corrected chi connectivity index (χ3v) is 3.57. The van der Waals surface area contributed by atoms with Gasteiger partial charge in [0.2, 0.25) is 0 Å². The molecule has 3 aromatic rings. The van der Waals surface area contributed by atoms with Gasteiger partial charge < -0.3 is 10.3 Å². The van der Waals surface area contributed by atoms with E-state index in [2.05, 4.69) is 10.3 Å². The van der Waals surface area contributed by atoms with E-state index >= 15 is 0 Å². The van der Waals surface area contributed by atoms with Crippen LogP contribution >= 0.6 is 0 Å². The minimum absolute atomic E-state index is 0.249. The Kier molecular flexibility index (Phi) is 4.16. The number of aromatic amines is 1. The molecule has 112 valence electrons. The number of hydrogen-bond donors (Lipinski definition) is 2. The molecule has 0 radical (unpaired) electrons. The molecule has 2 N–H and O–H groups in total. The van der Waals surface area contributed by atoms with Crippen LogP contribution in [0.5, 0.6) is 0 Å². The largest absolute Gasteiger partial charge is 0.328 e. The van der Waals surface area contributed by atoms with Gasteiger partial charge in [0.1, 0.15) is 0 Å². The Hall–Kier alpha value is -2.66. The fourth-order valence-electron chi connectivity index (χ4n) is 2.42. The predicted molar refractivity (Wildman–Crippen MR) is 87.0 cm³/mol. The monoisotopic (exact) mass is 295 g/mol. The van der Waals surface area contributed by atoms with Gasteiger partial charge >= 0.3 is 5.69 Å². The zero-order chi connectivity index (χ0) is 15.4. The van der Waals surface area contributed by atoms with Crippen LogP contribution in [0.15, 0.2) is 64.2 Å². The maximum absolute atomic E-state index is 12.3. The third-order valence-electron chi connectivity index (χ3n) is 3.57. The molecule has 0 fully saturated rings. The van der Waals surface area contributed by atoms with Crippen LogP contribution in [0.1, 0.15) is 5.56 Å². The number of para-hydroxylation sites is 1. The first-order valence-corrected chi connectivity index (χ1v) is 7.22. The lowest BCUT2D eigenvalue weighted by atomic mass is 10.2. The summed E-state index contributed by atoms with van der Waals surface area (Å²) in [5.74, 6) is 0. The van der Waals surface area contributed by atoms with Crippen molar-refractivity contribution in [1.82, 2.24) is 14.9 Å². The number of nitrogens with zero attached hydrogens (tertiary/aromatic N) is 1. The Bertz CT molecular complexity index is 882. The van der Waals surface area contributed by atoms with Crippen molar-refractivity contribution < 1.29 is 0 Å². The Labute approximate surface area is 127 Å². The normalized spacial score (nSPS) is 10.9. The topological polar surface area (TPSA) is 66.9 Å². The van der Waals surface area contributed by atoms with Crippen LogP contribution in [0.4, 0.5) is 0 Å². The summed E-state index contributed by atoms with van der Waals surface area (Å²) in [6.45, 7) is 1.60. The quantitative estimate of drug-likeness (QED) is 0.701. The molecule has 5 heteroatoms. The number of benzene rings is 2. The molecule has 22 heavy (non-hydrogen) atoms. The van der Waals surface area contributed by atoms with E-state index in [1.165, 1.54) is 10.1 Å². The first kappa shape index (κ1) is 14.3. The molecule has 0 unspecified atom stereocenters. The van der Waals surface area contributed by atoms with Crippen LogP contribution in [0.2, 0.25) is 0 Å². The second kappa shape index (κ2) is 6.41. The molecule has 3 rings (SSSR count). The lowest BCUT2D eigenvalue weighted by Crippen LogP contribution is -2.37. The van der Waals surface area contributed by atoms with Crippen LogP contribution in [0, 0.1) is 0 Å². The Balaban J connectivity index is 1.72. The van der Waals surface area contributed by atoms with Crippen molar-refractivity contribution in [2.24, 2.45) is 0 Å². The van der Waals surface area contributed by atoms with Gasteiger partial charge in [-0.1, -0.05) is 42.5 Å². The lowest BCUT2D eigenvalue weighted by Gasteiger charge is -2.08. The number of fused-ring (bicyclic) bond motifs is 1. The van der Waals surface area contributed by atoms with Crippen molar-refractivity contribution in [2.75, 3.05) is 6.54 Å². The number of rotatable bonds is 5. The highest BCUT2D eigenvalue weighted by atomic mass is 16.2. The number of H-pyrrole nitrogens is 1. The van der Waals surface area contributed by atoms with Gasteiger partial charge in [0.05, 0.1) is 10.9 Å². The first-order chi connectivity index (χ1) is 10.8. The second-order valence-corrected chi connectivity index (χ2v) is 5.09. The van der Waals surface area contributed by atoms with Crippen molar-refractivity contribution in [3.63, 3.8) is 0 Å². The molecular weight excluding hydrogens is 278 g/mol. The fraction of sp³-hybridized carbons (Fsp3) is 0.176. The van der Waals surface area contributed by atoms with Gasteiger partial charge in [-0.25, -0.2) is 4.79 Å². The average molecular weight is 295 g/mol. The van der Waals surface area contributed by atoms with Gasteiger partial charge in [0.15, 0.2) is 0 Å². The molecule has 0 aliphatic carbocycles. The molecule has 5 nitrogen and oxygen atoms in total. The summed E-state index contributed by atoms with van der Waals surface area (Å²) >= 11 is 0. The van der Waals surface area contributed by atoms with Crippen molar-refractivity contribution >= 4 is 10.9 Å². The molecule has 1 heterocycles. The van der Waals surface area contributed by atoms with Gasteiger partial charge in [0.25, 0.3) is 5.56 Å². The van der Waals surface area contributed by atoms with Gasteiger partial charge in [-0.15, -0.1) is 0 Å². The van der Waals surface area contributed by atoms with E-state index < -0.39 is 0 Å². The molecule has 2 aromatic carbocycles. The number of nitrogens with one attached hydrogen (secondary N) is 2. The molecule has 0 bridgehead atoms. The minimum Gasteiger partial charge on any atom is -0.311 e. The van der Waals surface area contributed by atoms with Gasteiger partial charge in [0, 0.05) is 19.6 Å². The molecular formula is C17H17N3O2. The molecule has 0 aliphatic rings. The summed E-state index contributed by atoms with van der Waals surface area (Å²) < 4.78 is 1.24. The molecule has 0 saturated carbocycles. The van der Waals surface area contributed by atoms with E-state index in [0.717, 1.165) is 0 Å². The van der Waals surface area contributed by atoms with E-state index in [-0.39, 0.29) is 11.2 Å². The maximum atomic E-state index is 12.3. The highest BCUT2D eigenvalue weighted by molar-refractivity contribution is 5.76.